The lowest BCUT2D eigenvalue weighted by Crippen LogP contribution is -2.37. The maximum atomic E-state index is 14.0. The number of hydrogen-bond acceptors (Lipinski definition) is 3. The van der Waals surface area contributed by atoms with Gasteiger partial charge in [-0.2, -0.15) is 0 Å². The van der Waals surface area contributed by atoms with Gasteiger partial charge in [-0.25, -0.2) is 18.0 Å². The van der Waals surface area contributed by atoms with Crippen LogP contribution in [-0.2, 0) is 9.54 Å². The van der Waals surface area contributed by atoms with Crippen molar-refractivity contribution in [3.05, 3.63) is 101 Å². The van der Waals surface area contributed by atoms with Crippen LogP contribution in [0.5, 0.6) is 5.75 Å². The smallest absolute Gasteiger partial charge is 0.336 e. The minimum absolute atomic E-state index is 0.217. The molecule has 0 aliphatic rings. The van der Waals surface area contributed by atoms with Crippen molar-refractivity contribution in [2.75, 3.05) is 6.26 Å². The van der Waals surface area contributed by atoms with Gasteiger partial charge in [0.1, 0.15) is 11.6 Å². The van der Waals surface area contributed by atoms with E-state index in [9.17, 15) is 18.0 Å². The van der Waals surface area contributed by atoms with E-state index in [4.69, 9.17) is 4.74 Å². The van der Waals surface area contributed by atoms with Crippen molar-refractivity contribution in [1.82, 2.24) is 0 Å². The maximum Gasteiger partial charge on any atom is 0.336 e. The van der Waals surface area contributed by atoms with Crippen molar-refractivity contribution >= 4 is 17.7 Å². The van der Waals surface area contributed by atoms with Crippen LogP contribution in [0.1, 0.15) is 11.1 Å². The number of hydrogen-bond donors (Lipinski definition) is 0. The van der Waals surface area contributed by atoms with E-state index in [1.54, 1.807) is 12.3 Å². The number of carbonyl (C=O) groups is 1. The number of ether oxygens (including phenoxy) is 1. The van der Waals surface area contributed by atoms with Gasteiger partial charge in [0.05, 0.1) is 0 Å². The summed E-state index contributed by atoms with van der Waals surface area (Å²) in [6, 6.07) is 16.3. The molecule has 0 bridgehead atoms. The number of thioether (sulfide) groups is 1. The molecule has 0 aliphatic heterocycles. The molecule has 0 aromatic heterocycles. The Morgan fingerprint density at radius 3 is 1.74 bits per heavy atom. The molecule has 3 aromatic carbocycles. The van der Waals surface area contributed by atoms with E-state index in [1.807, 2.05) is 0 Å². The average molecular weight is 388 g/mol. The fourth-order valence-electron chi connectivity index (χ4n) is 2.79. The minimum Gasteiger partial charge on any atom is -0.422 e. The fourth-order valence-corrected chi connectivity index (χ4v) is 3.74. The van der Waals surface area contributed by atoms with E-state index in [-0.39, 0.29) is 5.75 Å². The van der Waals surface area contributed by atoms with Gasteiger partial charge >= 0.3 is 5.97 Å². The molecule has 0 spiro atoms. The number of halogens is 3. The summed E-state index contributed by atoms with van der Waals surface area (Å²) < 4.78 is 44.7. The van der Waals surface area contributed by atoms with Crippen molar-refractivity contribution in [3.63, 3.8) is 0 Å². The van der Waals surface area contributed by atoms with Gasteiger partial charge in [-0.05, 0) is 53.8 Å². The lowest BCUT2D eigenvalue weighted by molar-refractivity contribution is -0.136. The third-order valence-electron chi connectivity index (χ3n) is 4.13. The molecule has 3 rings (SSSR count). The van der Waals surface area contributed by atoms with Crippen molar-refractivity contribution in [2.24, 2.45) is 0 Å². The van der Waals surface area contributed by atoms with E-state index in [0.717, 1.165) is 11.8 Å². The monoisotopic (exact) mass is 388 g/mol. The highest BCUT2D eigenvalue weighted by Gasteiger charge is 2.44. The second-order valence-electron chi connectivity index (χ2n) is 5.72. The molecule has 3 aromatic rings. The van der Waals surface area contributed by atoms with Crippen molar-refractivity contribution in [1.29, 1.82) is 0 Å². The topological polar surface area (TPSA) is 26.3 Å². The average Bonchev–Trinajstić information content (AvgIpc) is 2.67. The molecule has 2 nitrogen and oxygen atoms in total. The predicted octanol–water partition coefficient (Wildman–Crippen LogP) is 5.32. The molecular weight excluding hydrogens is 373 g/mol. The lowest BCUT2D eigenvalue weighted by atomic mass is 9.90. The summed E-state index contributed by atoms with van der Waals surface area (Å²) in [6.45, 7) is 0. The first-order valence-corrected chi connectivity index (χ1v) is 9.24. The fraction of sp³-hybridized carbons (Fsp3) is 0.0952. The Morgan fingerprint density at radius 2 is 1.30 bits per heavy atom. The standard InChI is InChI=1S/C21H15F3O2S/c1-27-21(14-6-10-16(22)11-7-14,15-8-12-17(23)13-9-15)20(25)26-19-5-3-2-4-18(19)24/h2-13H,1H3. The first kappa shape index (κ1) is 19.0. The number of para-hydroxylation sites is 1. The van der Waals surface area contributed by atoms with Gasteiger partial charge in [0, 0.05) is 0 Å². The van der Waals surface area contributed by atoms with Crippen LogP contribution in [0.2, 0.25) is 0 Å². The Morgan fingerprint density at radius 1 is 0.815 bits per heavy atom. The second-order valence-corrected chi connectivity index (χ2v) is 6.74. The van der Waals surface area contributed by atoms with Crippen LogP contribution in [0, 0.1) is 17.5 Å². The molecule has 138 valence electrons. The van der Waals surface area contributed by atoms with Gasteiger partial charge in [0.25, 0.3) is 0 Å². The highest BCUT2D eigenvalue weighted by Crippen LogP contribution is 2.43. The largest absolute Gasteiger partial charge is 0.422 e. The third-order valence-corrected chi connectivity index (χ3v) is 5.38. The van der Waals surface area contributed by atoms with E-state index < -0.39 is 28.2 Å². The zero-order valence-electron chi connectivity index (χ0n) is 14.3. The quantitative estimate of drug-likeness (QED) is 0.437. The first-order valence-electron chi connectivity index (χ1n) is 8.01. The molecule has 0 saturated carbocycles. The van der Waals surface area contributed by atoms with Gasteiger partial charge in [0.2, 0.25) is 0 Å². The summed E-state index contributed by atoms with van der Waals surface area (Å²) in [5.41, 5.74) is 0.869. The molecule has 0 unspecified atom stereocenters. The van der Waals surface area contributed by atoms with E-state index in [2.05, 4.69) is 0 Å². The third kappa shape index (κ3) is 3.71. The van der Waals surface area contributed by atoms with Gasteiger partial charge in [-0.15, -0.1) is 11.8 Å². The molecule has 0 aliphatic carbocycles. The van der Waals surface area contributed by atoms with Crippen LogP contribution in [0.4, 0.5) is 13.2 Å². The van der Waals surface area contributed by atoms with E-state index >= 15 is 0 Å². The summed E-state index contributed by atoms with van der Waals surface area (Å²) in [4.78, 5) is 13.2. The van der Waals surface area contributed by atoms with Gasteiger partial charge in [0.15, 0.2) is 16.3 Å². The summed E-state index contributed by atoms with van der Waals surface area (Å²) in [6.07, 6.45) is 1.68. The first-order chi connectivity index (χ1) is 13.0. The molecule has 0 N–H and O–H groups in total. The van der Waals surface area contributed by atoms with Gasteiger partial charge in [-0.3, -0.25) is 0 Å². The molecule has 0 amide bonds. The Kier molecular flexibility index (Phi) is 5.56. The summed E-state index contributed by atoms with van der Waals surface area (Å²) in [5, 5.41) is 0. The highest BCUT2D eigenvalue weighted by molar-refractivity contribution is 8.00. The maximum absolute atomic E-state index is 14.0. The minimum atomic E-state index is -1.43. The van der Waals surface area contributed by atoms with Gasteiger partial charge < -0.3 is 4.74 Å². The molecule has 27 heavy (non-hydrogen) atoms. The van der Waals surface area contributed by atoms with Crippen molar-refractivity contribution in [3.8, 4) is 5.75 Å². The van der Waals surface area contributed by atoms with Crippen LogP contribution in [0.3, 0.4) is 0 Å². The predicted molar refractivity (Wildman–Crippen MR) is 99.1 cm³/mol. The van der Waals surface area contributed by atoms with Gasteiger partial charge in [-0.1, -0.05) is 36.4 Å². The number of benzene rings is 3. The zero-order valence-corrected chi connectivity index (χ0v) is 15.1. The van der Waals surface area contributed by atoms with Crippen LogP contribution in [0.15, 0.2) is 72.8 Å². The molecular formula is C21H15F3O2S. The van der Waals surface area contributed by atoms with Crippen LogP contribution in [0.25, 0.3) is 0 Å². The lowest BCUT2D eigenvalue weighted by Gasteiger charge is -2.30. The summed E-state index contributed by atoms with van der Waals surface area (Å²) in [7, 11) is 0. The summed E-state index contributed by atoms with van der Waals surface area (Å²) in [5.74, 6) is -2.59. The zero-order chi connectivity index (χ0) is 19.4. The van der Waals surface area contributed by atoms with Crippen LogP contribution in [-0.4, -0.2) is 12.2 Å². The SMILES string of the molecule is CSC(C(=O)Oc1ccccc1F)(c1ccc(F)cc1)c1ccc(F)cc1. The molecule has 0 heterocycles. The second kappa shape index (κ2) is 7.88. The Bertz CT molecular complexity index is 895. The van der Waals surface area contributed by atoms with E-state index in [1.165, 1.54) is 66.7 Å². The van der Waals surface area contributed by atoms with Crippen LogP contribution >= 0.6 is 11.8 Å². The Labute approximate surface area is 159 Å². The molecule has 6 heteroatoms. The number of rotatable bonds is 5. The van der Waals surface area contributed by atoms with Crippen LogP contribution < -0.4 is 4.74 Å². The van der Waals surface area contributed by atoms with Crippen molar-refractivity contribution < 1.29 is 22.7 Å². The summed E-state index contributed by atoms with van der Waals surface area (Å²) >= 11 is 1.13. The Hall–Kier alpha value is -2.73. The molecule has 0 radical (unpaired) electrons. The molecule has 0 saturated heterocycles. The highest BCUT2D eigenvalue weighted by atomic mass is 32.2. The van der Waals surface area contributed by atoms with Crippen molar-refractivity contribution in [2.45, 2.75) is 4.75 Å². The molecule has 0 fully saturated rings. The van der Waals surface area contributed by atoms with E-state index in [0.29, 0.717) is 11.1 Å². The Balaban J connectivity index is 2.13. The number of esters is 1. The molecule has 0 atom stereocenters. The normalized spacial score (nSPS) is 11.3. The number of carbonyl (C=O) groups excluding carboxylic acids is 1.